The number of aromatic amines is 1. The van der Waals surface area contributed by atoms with Gasteiger partial charge in [-0.2, -0.15) is 0 Å². The predicted octanol–water partition coefficient (Wildman–Crippen LogP) is 1.95. The van der Waals surface area contributed by atoms with Crippen LogP contribution in [0.4, 0.5) is 0 Å². The Morgan fingerprint density at radius 1 is 1.41 bits per heavy atom. The third-order valence-corrected chi connectivity index (χ3v) is 3.15. The van der Waals surface area contributed by atoms with Crippen molar-refractivity contribution < 1.29 is 4.74 Å². The van der Waals surface area contributed by atoms with Crippen molar-refractivity contribution in [2.24, 2.45) is 0 Å². The fraction of sp³-hybridized carbons (Fsp3) is 0.308. The van der Waals surface area contributed by atoms with E-state index in [4.69, 9.17) is 4.74 Å². The van der Waals surface area contributed by atoms with E-state index in [1.165, 1.54) is 11.1 Å². The number of aromatic nitrogens is 2. The van der Waals surface area contributed by atoms with Gasteiger partial charge in [-0.1, -0.05) is 6.08 Å². The molecule has 0 aromatic carbocycles. The van der Waals surface area contributed by atoms with Gasteiger partial charge in [0.25, 0.3) is 0 Å². The first-order valence-corrected chi connectivity index (χ1v) is 5.80. The van der Waals surface area contributed by atoms with Crippen LogP contribution in [0.5, 0.6) is 5.75 Å². The summed E-state index contributed by atoms with van der Waals surface area (Å²) in [5.41, 5.74) is 3.54. The molecule has 4 nitrogen and oxygen atoms in total. The second kappa shape index (κ2) is 4.22. The summed E-state index contributed by atoms with van der Waals surface area (Å²) < 4.78 is 5.23. The van der Waals surface area contributed by atoms with E-state index in [1.807, 2.05) is 12.3 Å². The van der Waals surface area contributed by atoms with Gasteiger partial charge in [-0.25, -0.2) is 4.98 Å². The molecule has 0 saturated carbocycles. The van der Waals surface area contributed by atoms with Gasteiger partial charge in [0.2, 0.25) is 0 Å². The van der Waals surface area contributed by atoms with Crippen LogP contribution in [0.2, 0.25) is 0 Å². The monoisotopic (exact) mass is 229 g/mol. The van der Waals surface area contributed by atoms with Gasteiger partial charge in [0.05, 0.1) is 13.3 Å². The average molecular weight is 229 g/mol. The molecule has 0 unspecified atom stereocenters. The van der Waals surface area contributed by atoms with Gasteiger partial charge >= 0.3 is 0 Å². The van der Waals surface area contributed by atoms with Crippen LogP contribution in [-0.2, 0) is 0 Å². The molecule has 2 aromatic heterocycles. The number of rotatable bonds is 2. The van der Waals surface area contributed by atoms with Gasteiger partial charge in [-0.15, -0.1) is 0 Å². The molecule has 17 heavy (non-hydrogen) atoms. The van der Waals surface area contributed by atoms with Crippen molar-refractivity contribution in [3.8, 4) is 5.75 Å². The van der Waals surface area contributed by atoms with Gasteiger partial charge in [0, 0.05) is 23.7 Å². The fourth-order valence-electron chi connectivity index (χ4n) is 2.23. The lowest BCUT2D eigenvalue weighted by Crippen LogP contribution is -2.19. The number of fused-ring (bicyclic) bond motifs is 1. The molecule has 2 N–H and O–H groups in total. The number of hydrogen-bond donors (Lipinski definition) is 2. The lowest BCUT2D eigenvalue weighted by atomic mass is 10.0. The molecular weight excluding hydrogens is 214 g/mol. The second-order valence-corrected chi connectivity index (χ2v) is 4.16. The highest BCUT2D eigenvalue weighted by molar-refractivity contribution is 5.91. The van der Waals surface area contributed by atoms with E-state index in [1.54, 1.807) is 13.3 Å². The third kappa shape index (κ3) is 1.80. The van der Waals surface area contributed by atoms with E-state index >= 15 is 0 Å². The summed E-state index contributed by atoms with van der Waals surface area (Å²) in [6.07, 6.45) is 7.07. The van der Waals surface area contributed by atoms with Gasteiger partial charge in [-0.05, 0) is 24.6 Å². The van der Waals surface area contributed by atoms with Gasteiger partial charge < -0.3 is 15.0 Å². The molecule has 4 heteroatoms. The minimum absolute atomic E-state index is 0.799. The normalized spacial score (nSPS) is 15.9. The topological polar surface area (TPSA) is 49.9 Å². The number of methoxy groups -OCH3 is 1. The summed E-state index contributed by atoms with van der Waals surface area (Å²) in [6, 6.07) is 2.04. The molecule has 0 radical (unpaired) electrons. The minimum Gasteiger partial charge on any atom is -0.495 e. The van der Waals surface area contributed by atoms with E-state index in [0.29, 0.717) is 0 Å². The molecule has 0 amide bonds. The van der Waals surface area contributed by atoms with Crippen molar-refractivity contribution in [3.05, 3.63) is 30.1 Å². The zero-order valence-corrected chi connectivity index (χ0v) is 9.79. The van der Waals surface area contributed by atoms with Crippen LogP contribution in [0.3, 0.4) is 0 Å². The highest BCUT2D eigenvalue weighted by atomic mass is 16.5. The lowest BCUT2D eigenvalue weighted by molar-refractivity contribution is 0.413. The molecule has 0 spiro atoms. The maximum absolute atomic E-state index is 5.23. The minimum atomic E-state index is 0.799. The van der Waals surface area contributed by atoms with Gasteiger partial charge in [0.15, 0.2) is 0 Å². The van der Waals surface area contributed by atoms with Crippen LogP contribution in [-0.4, -0.2) is 30.2 Å². The zero-order chi connectivity index (χ0) is 11.7. The van der Waals surface area contributed by atoms with E-state index < -0.39 is 0 Å². The summed E-state index contributed by atoms with van der Waals surface area (Å²) in [4.78, 5) is 7.55. The van der Waals surface area contributed by atoms with Crippen molar-refractivity contribution in [1.29, 1.82) is 0 Å². The van der Waals surface area contributed by atoms with Gasteiger partial charge in [0.1, 0.15) is 11.4 Å². The summed E-state index contributed by atoms with van der Waals surface area (Å²) in [5, 5.41) is 4.46. The smallest absolute Gasteiger partial charge is 0.138 e. The molecule has 0 aliphatic carbocycles. The summed E-state index contributed by atoms with van der Waals surface area (Å²) >= 11 is 0. The number of H-pyrrole nitrogens is 1. The maximum Gasteiger partial charge on any atom is 0.138 e. The summed E-state index contributed by atoms with van der Waals surface area (Å²) in [7, 11) is 1.67. The molecular formula is C13H15N3O. The van der Waals surface area contributed by atoms with Crippen LogP contribution in [0.1, 0.15) is 12.0 Å². The van der Waals surface area contributed by atoms with Crippen LogP contribution >= 0.6 is 0 Å². The van der Waals surface area contributed by atoms with E-state index in [0.717, 1.165) is 36.3 Å². The zero-order valence-electron chi connectivity index (χ0n) is 9.79. The quantitative estimate of drug-likeness (QED) is 0.827. The van der Waals surface area contributed by atoms with Crippen LogP contribution in [0, 0.1) is 0 Å². The Bertz CT molecular complexity index is 571. The van der Waals surface area contributed by atoms with E-state index in [2.05, 4.69) is 21.4 Å². The largest absolute Gasteiger partial charge is 0.495 e. The molecule has 3 heterocycles. The van der Waals surface area contributed by atoms with E-state index in [-0.39, 0.29) is 0 Å². The molecule has 2 aromatic rings. The molecule has 88 valence electrons. The Balaban J connectivity index is 2.12. The first kappa shape index (κ1) is 10.4. The lowest BCUT2D eigenvalue weighted by Gasteiger charge is -2.13. The Morgan fingerprint density at radius 3 is 3.12 bits per heavy atom. The highest BCUT2D eigenvalue weighted by Gasteiger charge is 2.12. The molecule has 0 fully saturated rings. The molecule has 0 bridgehead atoms. The van der Waals surface area contributed by atoms with E-state index in [9.17, 15) is 0 Å². The molecule has 1 aliphatic rings. The molecule has 3 rings (SSSR count). The van der Waals surface area contributed by atoms with Crippen molar-refractivity contribution in [2.45, 2.75) is 6.42 Å². The number of nitrogens with one attached hydrogen (secondary N) is 2. The standard InChI is InChI=1S/C13H15N3O/c1-17-10-6-11-12(8-16-13(11)15-7-10)9-2-4-14-5-3-9/h2,6-8,14H,3-5H2,1H3,(H,15,16). The molecule has 0 atom stereocenters. The Labute approximate surface area is 99.7 Å². The average Bonchev–Trinajstić information content (AvgIpc) is 2.82. The SMILES string of the molecule is COc1cnc2[nH]cc(C3=CCNCC3)c2c1. The molecule has 1 aliphatic heterocycles. The third-order valence-electron chi connectivity index (χ3n) is 3.15. The van der Waals surface area contributed by atoms with Crippen molar-refractivity contribution in [1.82, 2.24) is 15.3 Å². The molecule has 0 saturated heterocycles. The Morgan fingerprint density at radius 2 is 2.35 bits per heavy atom. The van der Waals surface area contributed by atoms with Crippen LogP contribution in [0.15, 0.2) is 24.5 Å². The number of nitrogens with zero attached hydrogens (tertiary/aromatic N) is 1. The Hall–Kier alpha value is -1.81. The van der Waals surface area contributed by atoms with Crippen molar-refractivity contribution >= 4 is 16.6 Å². The Kier molecular flexibility index (Phi) is 2.57. The predicted molar refractivity (Wildman–Crippen MR) is 68.1 cm³/mol. The number of pyridine rings is 1. The first-order chi connectivity index (χ1) is 8.38. The van der Waals surface area contributed by atoms with Crippen LogP contribution < -0.4 is 10.1 Å². The summed E-state index contributed by atoms with van der Waals surface area (Å²) in [5.74, 6) is 0.799. The van der Waals surface area contributed by atoms with Crippen LogP contribution in [0.25, 0.3) is 16.6 Å². The fourth-order valence-corrected chi connectivity index (χ4v) is 2.23. The van der Waals surface area contributed by atoms with Crippen molar-refractivity contribution in [3.63, 3.8) is 0 Å². The highest BCUT2D eigenvalue weighted by Crippen LogP contribution is 2.29. The van der Waals surface area contributed by atoms with Gasteiger partial charge in [-0.3, -0.25) is 0 Å². The maximum atomic E-state index is 5.23. The number of ether oxygens (including phenoxy) is 1. The first-order valence-electron chi connectivity index (χ1n) is 5.80. The van der Waals surface area contributed by atoms with Crippen molar-refractivity contribution in [2.75, 3.05) is 20.2 Å². The summed E-state index contributed by atoms with van der Waals surface area (Å²) in [6.45, 7) is 1.98. The number of hydrogen-bond acceptors (Lipinski definition) is 3. The second-order valence-electron chi connectivity index (χ2n) is 4.16.